The van der Waals surface area contributed by atoms with Gasteiger partial charge >= 0.3 is 0 Å². The second kappa shape index (κ2) is 5.48. The van der Waals surface area contributed by atoms with E-state index >= 15 is 0 Å². The Morgan fingerprint density at radius 2 is 2.27 bits per heavy atom. The van der Waals surface area contributed by atoms with E-state index in [0.29, 0.717) is 5.92 Å². The monoisotopic (exact) mass is 210 g/mol. The zero-order chi connectivity index (χ0) is 11.3. The van der Waals surface area contributed by atoms with Crippen LogP contribution in [0.25, 0.3) is 0 Å². The molecule has 15 heavy (non-hydrogen) atoms. The molecule has 0 aromatic carbocycles. The molecule has 3 nitrogen and oxygen atoms in total. The Bertz CT molecular complexity index is 234. The van der Waals surface area contributed by atoms with E-state index in [4.69, 9.17) is 4.74 Å². The van der Waals surface area contributed by atoms with Gasteiger partial charge in [-0.1, -0.05) is 26.7 Å². The maximum Gasteiger partial charge on any atom is 0.133 e. The van der Waals surface area contributed by atoms with E-state index in [1.165, 1.54) is 6.42 Å². The fourth-order valence-electron chi connectivity index (χ4n) is 2.22. The molecule has 2 unspecified atom stereocenters. The molecule has 0 radical (unpaired) electrons. The van der Waals surface area contributed by atoms with E-state index in [1.807, 2.05) is 0 Å². The third kappa shape index (κ3) is 2.93. The van der Waals surface area contributed by atoms with Crippen LogP contribution in [0.1, 0.15) is 39.5 Å². The van der Waals surface area contributed by atoms with Crippen LogP contribution in [0.15, 0.2) is 0 Å². The molecule has 0 spiro atoms. The van der Waals surface area contributed by atoms with Crippen molar-refractivity contribution in [1.82, 2.24) is 5.32 Å². The molecule has 1 aliphatic carbocycles. The first-order valence-electron chi connectivity index (χ1n) is 5.83. The van der Waals surface area contributed by atoms with Crippen LogP contribution < -0.4 is 5.32 Å². The Labute approximate surface area is 92.8 Å². The van der Waals surface area contributed by atoms with Gasteiger partial charge in [0.05, 0.1) is 12.2 Å². The molecule has 0 aromatic heterocycles. The van der Waals surface area contributed by atoms with Crippen molar-refractivity contribution in [1.29, 1.82) is 5.26 Å². The average Bonchev–Trinajstić information content (AvgIpc) is 2.26. The van der Waals surface area contributed by atoms with Crippen LogP contribution in [0.4, 0.5) is 0 Å². The van der Waals surface area contributed by atoms with Crippen molar-refractivity contribution < 1.29 is 4.74 Å². The number of ether oxygens (including phenoxy) is 1. The number of nitriles is 1. The second-order valence-corrected chi connectivity index (χ2v) is 4.83. The highest BCUT2D eigenvalue weighted by Crippen LogP contribution is 2.30. The van der Waals surface area contributed by atoms with Gasteiger partial charge in [0.1, 0.15) is 5.54 Å². The molecule has 0 aromatic rings. The van der Waals surface area contributed by atoms with Gasteiger partial charge in [-0.3, -0.25) is 5.32 Å². The largest absolute Gasteiger partial charge is 0.378 e. The minimum absolute atomic E-state index is 0.0509. The van der Waals surface area contributed by atoms with Gasteiger partial charge in [-0.2, -0.15) is 5.26 Å². The smallest absolute Gasteiger partial charge is 0.133 e. The summed E-state index contributed by atoms with van der Waals surface area (Å²) >= 11 is 0. The summed E-state index contributed by atoms with van der Waals surface area (Å²) in [6.45, 7) is 5.19. The van der Waals surface area contributed by atoms with Crippen LogP contribution in [-0.2, 0) is 4.74 Å². The van der Waals surface area contributed by atoms with Crippen molar-refractivity contribution in [3.63, 3.8) is 0 Å². The fourth-order valence-corrected chi connectivity index (χ4v) is 2.22. The Morgan fingerprint density at radius 3 is 2.80 bits per heavy atom. The number of hydrogen-bond acceptors (Lipinski definition) is 3. The zero-order valence-electron chi connectivity index (χ0n) is 10.0. The first kappa shape index (κ1) is 12.5. The highest BCUT2D eigenvalue weighted by Gasteiger charge is 2.41. The Balaban J connectivity index is 2.67. The summed E-state index contributed by atoms with van der Waals surface area (Å²) < 4.78 is 5.45. The van der Waals surface area contributed by atoms with Gasteiger partial charge in [-0.15, -0.1) is 0 Å². The van der Waals surface area contributed by atoms with Crippen LogP contribution >= 0.6 is 0 Å². The second-order valence-electron chi connectivity index (χ2n) is 4.83. The Hall–Kier alpha value is -0.590. The molecule has 2 atom stereocenters. The van der Waals surface area contributed by atoms with Gasteiger partial charge < -0.3 is 4.74 Å². The lowest BCUT2D eigenvalue weighted by Gasteiger charge is -2.39. The molecule has 0 aliphatic heterocycles. The molecule has 86 valence electrons. The van der Waals surface area contributed by atoms with Gasteiger partial charge in [0.2, 0.25) is 0 Å². The molecule has 1 fully saturated rings. The summed E-state index contributed by atoms with van der Waals surface area (Å²) in [4.78, 5) is 0. The molecule has 3 heteroatoms. The topological polar surface area (TPSA) is 45.0 Å². The zero-order valence-corrected chi connectivity index (χ0v) is 10.0. The van der Waals surface area contributed by atoms with Crippen LogP contribution in [0.2, 0.25) is 0 Å². The molecule has 1 saturated carbocycles. The maximum absolute atomic E-state index is 9.36. The van der Waals surface area contributed by atoms with Gasteiger partial charge in [0.25, 0.3) is 0 Å². The molecule has 0 saturated heterocycles. The van der Waals surface area contributed by atoms with Gasteiger partial charge in [-0.25, -0.2) is 0 Å². The van der Waals surface area contributed by atoms with Crippen molar-refractivity contribution in [2.75, 3.05) is 13.7 Å². The maximum atomic E-state index is 9.36. The molecule has 1 N–H and O–H groups in total. The summed E-state index contributed by atoms with van der Waals surface area (Å²) in [7, 11) is 1.71. The van der Waals surface area contributed by atoms with E-state index < -0.39 is 5.54 Å². The first-order chi connectivity index (χ1) is 7.14. The normalized spacial score (nSPS) is 31.5. The van der Waals surface area contributed by atoms with Crippen molar-refractivity contribution in [2.24, 2.45) is 5.92 Å². The summed E-state index contributed by atoms with van der Waals surface area (Å²) in [6.07, 6.45) is 4.25. The first-order valence-corrected chi connectivity index (χ1v) is 5.83. The van der Waals surface area contributed by atoms with E-state index in [-0.39, 0.29) is 6.10 Å². The van der Waals surface area contributed by atoms with Crippen LogP contribution in [0, 0.1) is 17.2 Å². The molecule has 0 heterocycles. The predicted molar refractivity (Wildman–Crippen MR) is 60.4 cm³/mol. The Morgan fingerprint density at radius 1 is 1.53 bits per heavy atom. The summed E-state index contributed by atoms with van der Waals surface area (Å²) in [5, 5.41) is 12.8. The number of methoxy groups -OCH3 is 1. The lowest BCUT2D eigenvalue weighted by Crippen LogP contribution is -2.56. The van der Waals surface area contributed by atoms with Gasteiger partial charge in [0.15, 0.2) is 0 Å². The summed E-state index contributed by atoms with van der Waals surface area (Å²) in [6, 6.07) is 2.44. The fraction of sp³-hybridized carbons (Fsp3) is 0.917. The molecule has 1 rings (SSSR count). The van der Waals surface area contributed by atoms with Crippen molar-refractivity contribution >= 4 is 0 Å². The van der Waals surface area contributed by atoms with Crippen molar-refractivity contribution in [3.05, 3.63) is 0 Å². The Kier molecular flexibility index (Phi) is 4.56. The van der Waals surface area contributed by atoms with Crippen molar-refractivity contribution in [3.8, 4) is 6.07 Å². The number of hydrogen-bond donors (Lipinski definition) is 1. The highest BCUT2D eigenvalue weighted by atomic mass is 16.5. The lowest BCUT2D eigenvalue weighted by atomic mass is 9.80. The third-order valence-electron chi connectivity index (χ3n) is 3.15. The lowest BCUT2D eigenvalue weighted by molar-refractivity contribution is 0.0119. The minimum atomic E-state index is -0.447. The summed E-state index contributed by atoms with van der Waals surface area (Å²) in [5.74, 6) is 0.564. The number of nitrogens with zero attached hydrogens (tertiary/aromatic N) is 1. The van der Waals surface area contributed by atoms with E-state index in [9.17, 15) is 5.26 Å². The number of rotatable bonds is 4. The van der Waals surface area contributed by atoms with Crippen LogP contribution in [-0.4, -0.2) is 25.3 Å². The predicted octanol–water partition coefficient (Wildman–Crippen LogP) is 2.08. The van der Waals surface area contributed by atoms with Crippen LogP contribution in [0.5, 0.6) is 0 Å². The molecule has 0 amide bonds. The minimum Gasteiger partial charge on any atom is -0.378 e. The summed E-state index contributed by atoms with van der Waals surface area (Å²) in [5.41, 5.74) is -0.447. The van der Waals surface area contributed by atoms with Crippen molar-refractivity contribution in [2.45, 2.75) is 51.2 Å². The molecular weight excluding hydrogens is 188 g/mol. The van der Waals surface area contributed by atoms with E-state index in [2.05, 4.69) is 25.2 Å². The quantitative estimate of drug-likeness (QED) is 0.772. The average molecular weight is 210 g/mol. The van der Waals surface area contributed by atoms with Crippen LogP contribution in [0.3, 0.4) is 0 Å². The van der Waals surface area contributed by atoms with Gasteiger partial charge in [-0.05, 0) is 25.3 Å². The van der Waals surface area contributed by atoms with Gasteiger partial charge in [0, 0.05) is 7.11 Å². The standard InChI is InChI=1S/C12H22N2O/c1-10(2)8-14-12(9-13)7-5-4-6-11(12)15-3/h10-11,14H,4-8H2,1-3H3. The number of nitrogens with one attached hydrogen (secondary N) is 1. The van der Waals surface area contributed by atoms with E-state index in [1.54, 1.807) is 7.11 Å². The SMILES string of the molecule is COC1CCCCC1(C#N)NCC(C)C. The molecule has 0 bridgehead atoms. The highest BCUT2D eigenvalue weighted by molar-refractivity contribution is 5.13. The van der Waals surface area contributed by atoms with E-state index in [0.717, 1.165) is 25.8 Å². The third-order valence-corrected chi connectivity index (χ3v) is 3.15. The molecular formula is C12H22N2O. The molecule has 1 aliphatic rings.